The second kappa shape index (κ2) is 6.91. The lowest BCUT2D eigenvalue weighted by molar-refractivity contribution is -0.117. The van der Waals surface area contributed by atoms with E-state index >= 15 is 0 Å². The molecule has 20 heavy (non-hydrogen) atoms. The molecule has 0 saturated heterocycles. The molecule has 0 bridgehead atoms. The monoisotopic (exact) mass is 287 g/mol. The predicted octanol–water partition coefficient (Wildman–Crippen LogP) is 3.65. The van der Waals surface area contributed by atoms with E-state index in [-0.39, 0.29) is 11.9 Å². The van der Waals surface area contributed by atoms with E-state index in [4.69, 9.17) is 4.74 Å². The molecule has 2 aromatic rings. The Balaban J connectivity index is 1.96. The zero-order valence-corrected chi connectivity index (χ0v) is 12.3. The highest BCUT2D eigenvalue weighted by Crippen LogP contribution is 2.18. The molecule has 1 aromatic carbocycles. The van der Waals surface area contributed by atoms with Crippen LogP contribution >= 0.6 is 11.3 Å². The van der Waals surface area contributed by atoms with E-state index in [2.05, 4.69) is 5.32 Å². The van der Waals surface area contributed by atoms with Crippen molar-refractivity contribution in [1.29, 1.82) is 0 Å². The second-order valence-electron chi connectivity index (χ2n) is 4.36. The molecule has 0 saturated carbocycles. The van der Waals surface area contributed by atoms with Crippen LogP contribution in [-0.4, -0.2) is 13.0 Å². The van der Waals surface area contributed by atoms with Crippen LogP contribution in [-0.2, 0) is 4.79 Å². The molecule has 1 heterocycles. The zero-order chi connectivity index (χ0) is 14.4. The van der Waals surface area contributed by atoms with Gasteiger partial charge in [-0.05, 0) is 42.1 Å². The fourth-order valence-corrected chi connectivity index (χ4v) is 2.42. The Morgan fingerprint density at radius 1 is 1.35 bits per heavy atom. The number of nitrogens with one attached hydrogen (secondary N) is 1. The van der Waals surface area contributed by atoms with Crippen LogP contribution in [0.15, 0.2) is 47.9 Å². The van der Waals surface area contributed by atoms with Crippen LogP contribution < -0.4 is 10.1 Å². The van der Waals surface area contributed by atoms with Crippen molar-refractivity contribution in [2.75, 3.05) is 7.11 Å². The van der Waals surface area contributed by atoms with Crippen molar-refractivity contribution in [1.82, 2.24) is 5.32 Å². The molecule has 0 aliphatic rings. The molecular formula is C16H17NO2S. The summed E-state index contributed by atoms with van der Waals surface area (Å²) in [6.07, 6.45) is 3.38. The number of carbonyl (C=O) groups excluding carboxylic acids is 1. The highest BCUT2D eigenvalue weighted by atomic mass is 32.1. The topological polar surface area (TPSA) is 38.3 Å². The standard InChI is InChI=1S/C16H17NO2S/c1-12(13-5-3-6-14(11-13)19-2)17-16(18)9-8-15-7-4-10-20-15/h3-12H,1-2H3,(H,17,18). The highest BCUT2D eigenvalue weighted by molar-refractivity contribution is 7.10. The third-order valence-electron chi connectivity index (χ3n) is 2.89. The summed E-state index contributed by atoms with van der Waals surface area (Å²) in [5.41, 5.74) is 1.02. The largest absolute Gasteiger partial charge is 0.497 e. The first-order chi connectivity index (χ1) is 9.69. The molecule has 104 valence electrons. The normalized spacial score (nSPS) is 12.3. The predicted molar refractivity (Wildman–Crippen MR) is 82.9 cm³/mol. The van der Waals surface area contributed by atoms with Crippen LogP contribution in [0.3, 0.4) is 0 Å². The smallest absolute Gasteiger partial charge is 0.244 e. The molecule has 4 heteroatoms. The number of amides is 1. The van der Waals surface area contributed by atoms with Gasteiger partial charge in [0, 0.05) is 11.0 Å². The first kappa shape index (κ1) is 14.3. The molecular weight excluding hydrogens is 270 g/mol. The number of carbonyl (C=O) groups is 1. The summed E-state index contributed by atoms with van der Waals surface area (Å²) in [5.74, 6) is 0.687. The molecule has 3 nitrogen and oxygen atoms in total. The van der Waals surface area contributed by atoms with E-state index in [1.165, 1.54) is 0 Å². The van der Waals surface area contributed by atoms with Gasteiger partial charge < -0.3 is 10.1 Å². The third-order valence-corrected chi connectivity index (χ3v) is 3.73. The quantitative estimate of drug-likeness (QED) is 0.853. The number of rotatable bonds is 5. The summed E-state index contributed by atoms with van der Waals surface area (Å²) in [7, 11) is 1.63. The van der Waals surface area contributed by atoms with E-state index in [0.29, 0.717) is 0 Å². The number of ether oxygens (including phenoxy) is 1. The zero-order valence-electron chi connectivity index (χ0n) is 11.5. The van der Waals surface area contributed by atoms with Gasteiger partial charge in [-0.15, -0.1) is 11.3 Å². The van der Waals surface area contributed by atoms with Crippen LogP contribution in [0.5, 0.6) is 5.75 Å². The molecule has 1 unspecified atom stereocenters. The second-order valence-corrected chi connectivity index (χ2v) is 5.33. The van der Waals surface area contributed by atoms with Gasteiger partial charge >= 0.3 is 0 Å². The van der Waals surface area contributed by atoms with Crippen LogP contribution in [0, 0.1) is 0 Å². The van der Waals surface area contributed by atoms with Gasteiger partial charge in [-0.1, -0.05) is 18.2 Å². The SMILES string of the molecule is COc1cccc(C(C)NC(=O)C=Cc2cccs2)c1. The van der Waals surface area contributed by atoms with E-state index in [0.717, 1.165) is 16.2 Å². The molecule has 1 aromatic heterocycles. The number of hydrogen-bond donors (Lipinski definition) is 1. The van der Waals surface area contributed by atoms with Crippen molar-refractivity contribution >= 4 is 23.3 Å². The van der Waals surface area contributed by atoms with E-state index < -0.39 is 0 Å². The summed E-state index contributed by atoms with van der Waals surface area (Å²) in [6.45, 7) is 1.95. The summed E-state index contributed by atoms with van der Waals surface area (Å²) in [6, 6.07) is 11.6. The minimum atomic E-state index is -0.103. The lowest BCUT2D eigenvalue weighted by Gasteiger charge is -2.13. The van der Waals surface area contributed by atoms with Gasteiger partial charge in [0.25, 0.3) is 0 Å². The van der Waals surface area contributed by atoms with Gasteiger partial charge in [0.15, 0.2) is 0 Å². The Kier molecular flexibility index (Phi) is 4.96. The van der Waals surface area contributed by atoms with Crippen molar-refractivity contribution in [2.24, 2.45) is 0 Å². The Morgan fingerprint density at radius 2 is 2.20 bits per heavy atom. The maximum atomic E-state index is 11.9. The maximum Gasteiger partial charge on any atom is 0.244 e. The molecule has 0 fully saturated rings. The summed E-state index contributed by atoms with van der Waals surface area (Å²) < 4.78 is 5.18. The number of thiophene rings is 1. The van der Waals surface area contributed by atoms with Crippen molar-refractivity contribution < 1.29 is 9.53 Å². The van der Waals surface area contributed by atoms with E-state index in [1.54, 1.807) is 24.5 Å². The lowest BCUT2D eigenvalue weighted by Crippen LogP contribution is -2.24. The van der Waals surface area contributed by atoms with Gasteiger partial charge in [0.2, 0.25) is 5.91 Å². The van der Waals surface area contributed by atoms with Gasteiger partial charge in [-0.3, -0.25) is 4.79 Å². The molecule has 0 radical (unpaired) electrons. The Bertz CT molecular complexity index is 590. The van der Waals surface area contributed by atoms with Crippen LogP contribution in [0.1, 0.15) is 23.4 Å². The molecule has 2 rings (SSSR count). The summed E-state index contributed by atoms with van der Waals surface area (Å²) in [5, 5.41) is 4.92. The van der Waals surface area contributed by atoms with Crippen LogP contribution in [0.4, 0.5) is 0 Å². The average molecular weight is 287 g/mol. The fraction of sp³-hybridized carbons (Fsp3) is 0.188. The van der Waals surface area contributed by atoms with Gasteiger partial charge in [-0.25, -0.2) is 0 Å². The molecule has 0 aliphatic heterocycles. The van der Waals surface area contributed by atoms with Crippen molar-refractivity contribution in [3.63, 3.8) is 0 Å². The van der Waals surface area contributed by atoms with Gasteiger partial charge in [0.05, 0.1) is 13.2 Å². The number of benzene rings is 1. The number of hydrogen-bond acceptors (Lipinski definition) is 3. The molecule has 1 amide bonds. The van der Waals surface area contributed by atoms with Gasteiger partial charge in [-0.2, -0.15) is 0 Å². The van der Waals surface area contributed by atoms with Crippen molar-refractivity contribution in [3.8, 4) is 5.75 Å². The minimum absolute atomic E-state index is 0.0643. The Labute approximate surface area is 122 Å². The first-order valence-corrected chi connectivity index (χ1v) is 7.23. The van der Waals surface area contributed by atoms with Crippen LogP contribution in [0.25, 0.3) is 6.08 Å². The molecule has 1 N–H and O–H groups in total. The summed E-state index contributed by atoms with van der Waals surface area (Å²) >= 11 is 1.60. The molecule has 1 atom stereocenters. The van der Waals surface area contributed by atoms with E-state index in [9.17, 15) is 4.79 Å². The van der Waals surface area contributed by atoms with Gasteiger partial charge in [0.1, 0.15) is 5.75 Å². The van der Waals surface area contributed by atoms with E-state index in [1.807, 2.05) is 54.8 Å². The van der Waals surface area contributed by atoms with Crippen LogP contribution in [0.2, 0.25) is 0 Å². The fourth-order valence-electron chi connectivity index (χ4n) is 1.80. The average Bonchev–Trinajstić information content (AvgIpc) is 2.98. The molecule has 0 aliphatic carbocycles. The molecule has 0 spiro atoms. The van der Waals surface area contributed by atoms with Crippen molar-refractivity contribution in [2.45, 2.75) is 13.0 Å². The third kappa shape index (κ3) is 3.96. The highest BCUT2D eigenvalue weighted by Gasteiger charge is 2.08. The first-order valence-electron chi connectivity index (χ1n) is 6.35. The van der Waals surface area contributed by atoms with Crippen molar-refractivity contribution in [3.05, 3.63) is 58.3 Å². The Hall–Kier alpha value is -2.07. The minimum Gasteiger partial charge on any atom is -0.497 e. The Morgan fingerprint density at radius 3 is 2.90 bits per heavy atom. The lowest BCUT2D eigenvalue weighted by atomic mass is 10.1. The maximum absolute atomic E-state index is 11.9. The summed E-state index contributed by atoms with van der Waals surface area (Å²) in [4.78, 5) is 12.9. The number of methoxy groups -OCH3 is 1.